The Labute approximate surface area is 169 Å². The van der Waals surface area contributed by atoms with Crippen LogP contribution in [0, 0.1) is 0 Å². The molecule has 2 aromatic carbocycles. The van der Waals surface area contributed by atoms with E-state index in [1.54, 1.807) is 21.3 Å². The lowest BCUT2D eigenvalue weighted by Gasteiger charge is -2.33. The van der Waals surface area contributed by atoms with E-state index in [9.17, 15) is 9.90 Å². The van der Waals surface area contributed by atoms with Crippen molar-refractivity contribution in [3.05, 3.63) is 52.5 Å². The van der Waals surface area contributed by atoms with Gasteiger partial charge in [0.05, 0.1) is 27.4 Å². The number of aliphatic carboxylic acids is 1. The lowest BCUT2D eigenvalue weighted by molar-refractivity contribution is -0.142. The van der Waals surface area contributed by atoms with E-state index in [1.807, 2.05) is 41.3 Å². The second kappa shape index (κ2) is 8.71. The van der Waals surface area contributed by atoms with Crippen LogP contribution in [-0.2, 0) is 4.79 Å². The number of carbonyl (C=O) groups is 1. The number of methoxy groups -OCH3 is 3. The van der Waals surface area contributed by atoms with Gasteiger partial charge in [-0.1, -0.05) is 29.8 Å². The molecule has 1 fully saturated rings. The fourth-order valence-electron chi connectivity index (χ4n) is 3.87. The van der Waals surface area contributed by atoms with Crippen LogP contribution in [0.15, 0.2) is 36.4 Å². The zero-order valence-electron chi connectivity index (χ0n) is 16.1. The van der Waals surface area contributed by atoms with Gasteiger partial charge in [-0.2, -0.15) is 0 Å². The summed E-state index contributed by atoms with van der Waals surface area (Å²) in [5.74, 6) is 0.685. The fraction of sp³-hybridized carbons (Fsp3) is 0.381. The molecule has 1 heterocycles. The second-order valence-corrected chi connectivity index (χ2v) is 7.02. The smallest absolute Gasteiger partial charge is 0.320 e. The molecule has 1 saturated heterocycles. The van der Waals surface area contributed by atoms with Crippen molar-refractivity contribution in [1.29, 1.82) is 0 Å². The van der Waals surface area contributed by atoms with E-state index >= 15 is 0 Å². The molecule has 3 rings (SSSR count). The predicted molar refractivity (Wildman–Crippen MR) is 107 cm³/mol. The molecular weight excluding hydrogens is 382 g/mol. The monoisotopic (exact) mass is 405 g/mol. The van der Waals surface area contributed by atoms with Crippen LogP contribution in [0.2, 0.25) is 5.02 Å². The molecule has 1 N–H and O–H groups in total. The van der Waals surface area contributed by atoms with E-state index in [0.29, 0.717) is 35.2 Å². The van der Waals surface area contributed by atoms with Gasteiger partial charge < -0.3 is 19.3 Å². The first kappa shape index (κ1) is 20.3. The number of carboxylic acids is 1. The Kier molecular flexibility index (Phi) is 6.31. The quantitative estimate of drug-likeness (QED) is 0.750. The van der Waals surface area contributed by atoms with E-state index in [1.165, 1.54) is 0 Å². The molecule has 2 aromatic rings. The fourth-order valence-corrected chi connectivity index (χ4v) is 4.11. The van der Waals surface area contributed by atoms with Crippen molar-refractivity contribution in [2.75, 3.05) is 27.9 Å². The third-order valence-electron chi connectivity index (χ3n) is 5.11. The first-order valence-electron chi connectivity index (χ1n) is 9.04. The normalized spacial score (nSPS) is 17.9. The van der Waals surface area contributed by atoms with Crippen LogP contribution in [0.5, 0.6) is 17.2 Å². The Morgan fingerprint density at radius 2 is 1.79 bits per heavy atom. The Morgan fingerprint density at radius 3 is 2.32 bits per heavy atom. The van der Waals surface area contributed by atoms with Gasteiger partial charge in [0.2, 0.25) is 5.75 Å². The molecule has 0 amide bonds. The van der Waals surface area contributed by atoms with Crippen molar-refractivity contribution in [2.24, 2.45) is 0 Å². The SMILES string of the molecule is COc1cc(C(c2ccccc2Cl)N2CCCC2C(=O)O)cc(OC)c1OC. The summed E-state index contributed by atoms with van der Waals surface area (Å²) in [5.41, 5.74) is 1.67. The Morgan fingerprint density at radius 1 is 1.14 bits per heavy atom. The van der Waals surface area contributed by atoms with E-state index in [-0.39, 0.29) is 6.04 Å². The van der Waals surface area contributed by atoms with E-state index in [0.717, 1.165) is 17.5 Å². The standard InChI is InChI=1S/C21H24ClNO5/c1-26-17-11-13(12-18(27-2)20(17)28-3)19(14-7-4-5-8-15(14)22)23-10-6-9-16(23)21(24)25/h4-5,7-8,11-12,16,19H,6,9-10H2,1-3H3,(H,24,25). The average molecular weight is 406 g/mol. The number of nitrogens with zero attached hydrogens (tertiary/aromatic N) is 1. The van der Waals surface area contributed by atoms with Gasteiger partial charge in [0.25, 0.3) is 0 Å². The van der Waals surface area contributed by atoms with Crippen LogP contribution in [0.3, 0.4) is 0 Å². The number of carboxylic acid groups (broad SMARTS) is 1. The largest absolute Gasteiger partial charge is 0.493 e. The van der Waals surface area contributed by atoms with Crippen molar-refractivity contribution in [3.63, 3.8) is 0 Å². The van der Waals surface area contributed by atoms with Crippen LogP contribution in [0.25, 0.3) is 0 Å². The maximum absolute atomic E-state index is 11.9. The summed E-state index contributed by atoms with van der Waals surface area (Å²) in [4.78, 5) is 13.8. The summed E-state index contributed by atoms with van der Waals surface area (Å²) in [6.45, 7) is 0.656. The van der Waals surface area contributed by atoms with Crippen molar-refractivity contribution in [2.45, 2.75) is 24.9 Å². The number of hydrogen-bond donors (Lipinski definition) is 1. The third-order valence-corrected chi connectivity index (χ3v) is 5.46. The number of rotatable bonds is 7. The highest BCUT2D eigenvalue weighted by Crippen LogP contribution is 2.44. The number of halogens is 1. The van der Waals surface area contributed by atoms with Gasteiger partial charge in [-0.15, -0.1) is 0 Å². The molecule has 1 aliphatic rings. The lowest BCUT2D eigenvalue weighted by Crippen LogP contribution is -2.39. The maximum atomic E-state index is 11.9. The molecule has 1 aliphatic heterocycles. The maximum Gasteiger partial charge on any atom is 0.320 e. The molecule has 2 atom stereocenters. The van der Waals surface area contributed by atoms with Crippen molar-refractivity contribution in [1.82, 2.24) is 4.90 Å². The minimum atomic E-state index is -0.831. The van der Waals surface area contributed by atoms with Crippen molar-refractivity contribution in [3.8, 4) is 17.2 Å². The minimum absolute atomic E-state index is 0.356. The number of likely N-dealkylation sites (tertiary alicyclic amines) is 1. The lowest BCUT2D eigenvalue weighted by atomic mass is 9.95. The molecule has 0 spiro atoms. The first-order valence-corrected chi connectivity index (χ1v) is 9.42. The Hall–Kier alpha value is -2.44. The van der Waals surface area contributed by atoms with E-state index < -0.39 is 12.0 Å². The molecular formula is C21H24ClNO5. The summed E-state index contributed by atoms with van der Waals surface area (Å²) in [7, 11) is 4.66. The topological polar surface area (TPSA) is 68.2 Å². The number of ether oxygens (including phenoxy) is 3. The van der Waals surface area contributed by atoms with Gasteiger partial charge in [0, 0.05) is 11.6 Å². The Bertz CT molecular complexity index is 831. The highest BCUT2D eigenvalue weighted by molar-refractivity contribution is 6.31. The molecule has 6 nitrogen and oxygen atoms in total. The van der Waals surface area contributed by atoms with Crippen LogP contribution >= 0.6 is 11.6 Å². The third kappa shape index (κ3) is 3.75. The van der Waals surface area contributed by atoms with Crippen LogP contribution in [-0.4, -0.2) is 49.9 Å². The summed E-state index contributed by atoms with van der Waals surface area (Å²) < 4.78 is 16.4. The van der Waals surface area contributed by atoms with Crippen molar-refractivity contribution < 1.29 is 24.1 Å². The molecule has 0 aromatic heterocycles. The van der Waals surface area contributed by atoms with Crippen molar-refractivity contribution >= 4 is 17.6 Å². The highest BCUT2D eigenvalue weighted by atomic mass is 35.5. The summed E-state index contributed by atoms with van der Waals surface area (Å²) in [6, 6.07) is 10.3. The molecule has 0 saturated carbocycles. The van der Waals surface area contributed by atoms with Crippen LogP contribution in [0.4, 0.5) is 0 Å². The summed E-state index contributed by atoms with van der Waals surface area (Å²) in [5, 5.41) is 10.3. The number of benzene rings is 2. The predicted octanol–water partition coefficient (Wildman–Crippen LogP) is 4.00. The Balaban J connectivity index is 2.20. The van der Waals surface area contributed by atoms with Gasteiger partial charge >= 0.3 is 5.97 Å². The highest BCUT2D eigenvalue weighted by Gasteiger charge is 2.38. The minimum Gasteiger partial charge on any atom is -0.493 e. The van der Waals surface area contributed by atoms with Gasteiger partial charge in [-0.05, 0) is 42.2 Å². The van der Waals surface area contributed by atoms with Gasteiger partial charge in [0.1, 0.15) is 6.04 Å². The molecule has 150 valence electrons. The van der Waals surface area contributed by atoms with Gasteiger partial charge in [-0.3, -0.25) is 9.69 Å². The number of hydrogen-bond acceptors (Lipinski definition) is 5. The molecule has 0 bridgehead atoms. The molecule has 2 unspecified atom stereocenters. The zero-order valence-corrected chi connectivity index (χ0v) is 16.9. The summed E-state index contributed by atoms with van der Waals surface area (Å²) >= 11 is 6.52. The van der Waals surface area contributed by atoms with Crippen LogP contribution in [0.1, 0.15) is 30.0 Å². The van der Waals surface area contributed by atoms with Crippen LogP contribution < -0.4 is 14.2 Å². The summed E-state index contributed by atoms with van der Waals surface area (Å²) in [6.07, 6.45) is 1.41. The first-order chi connectivity index (χ1) is 13.5. The van der Waals surface area contributed by atoms with E-state index in [2.05, 4.69) is 0 Å². The molecule has 28 heavy (non-hydrogen) atoms. The molecule has 7 heteroatoms. The van der Waals surface area contributed by atoms with E-state index in [4.69, 9.17) is 25.8 Å². The zero-order chi connectivity index (χ0) is 20.3. The second-order valence-electron chi connectivity index (χ2n) is 6.62. The van der Waals surface area contributed by atoms with Gasteiger partial charge in [0.15, 0.2) is 11.5 Å². The molecule has 0 aliphatic carbocycles. The van der Waals surface area contributed by atoms with Gasteiger partial charge in [-0.25, -0.2) is 0 Å². The average Bonchev–Trinajstić information content (AvgIpc) is 3.18. The molecule has 0 radical (unpaired) electrons.